The predicted molar refractivity (Wildman–Crippen MR) is 70.4 cm³/mol. The molecule has 0 aromatic heterocycles. The van der Waals surface area contributed by atoms with Crippen molar-refractivity contribution in [3.63, 3.8) is 0 Å². The van der Waals surface area contributed by atoms with E-state index < -0.39 is 0 Å². The highest BCUT2D eigenvalue weighted by molar-refractivity contribution is 6.34. The number of benzene rings is 1. The molecule has 18 heavy (non-hydrogen) atoms. The van der Waals surface area contributed by atoms with Crippen LogP contribution >= 0.6 is 11.6 Å². The lowest BCUT2D eigenvalue weighted by Crippen LogP contribution is -2.45. The van der Waals surface area contributed by atoms with Crippen molar-refractivity contribution in [2.45, 2.75) is 12.3 Å². The fourth-order valence-corrected chi connectivity index (χ4v) is 3.15. The highest BCUT2D eigenvalue weighted by Crippen LogP contribution is 2.47. The number of methoxy groups -OCH3 is 1. The second-order valence-electron chi connectivity index (χ2n) is 4.73. The molecule has 2 atom stereocenters. The Kier molecular flexibility index (Phi) is 2.92. The number of nitrogens with one attached hydrogen (secondary N) is 2. The summed E-state index contributed by atoms with van der Waals surface area (Å²) in [5, 5.41) is 6.75. The van der Waals surface area contributed by atoms with E-state index in [4.69, 9.17) is 16.3 Å². The van der Waals surface area contributed by atoms with E-state index in [0.717, 1.165) is 30.0 Å². The second kappa shape index (κ2) is 4.44. The quantitative estimate of drug-likeness (QED) is 0.817. The van der Waals surface area contributed by atoms with Crippen LogP contribution in [-0.4, -0.2) is 26.1 Å². The predicted octanol–water partition coefficient (Wildman–Crippen LogP) is 1.99. The average molecular weight is 267 g/mol. The molecule has 96 valence electrons. The van der Waals surface area contributed by atoms with E-state index >= 15 is 0 Å². The summed E-state index contributed by atoms with van der Waals surface area (Å²) in [5.41, 5.74) is 1.78. The molecule has 1 aromatic rings. The van der Waals surface area contributed by atoms with Crippen molar-refractivity contribution in [2.24, 2.45) is 5.92 Å². The number of halogens is 1. The van der Waals surface area contributed by atoms with Gasteiger partial charge in [0.15, 0.2) is 0 Å². The number of hydrogen-bond acceptors (Lipinski definition) is 3. The summed E-state index contributed by atoms with van der Waals surface area (Å²) >= 11 is 6.18. The SMILES string of the molecule is COc1ccc(Cl)c2c1C1CCNCC1C(=O)N2. The molecule has 2 N–H and O–H groups in total. The van der Waals surface area contributed by atoms with Crippen LogP contribution in [0.25, 0.3) is 0 Å². The Morgan fingerprint density at radius 3 is 3.00 bits per heavy atom. The van der Waals surface area contributed by atoms with Crippen molar-refractivity contribution in [2.75, 3.05) is 25.5 Å². The van der Waals surface area contributed by atoms with Crippen LogP contribution in [0.5, 0.6) is 5.75 Å². The van der Waals surface area contributed by atoms with Gasteiger partial charge in [0.05, 0.1) is 23.7 Å². The highest BCUT2D eigenvalue weighted by Gasteiger charge is 2.39. The molecule has 2 aliphatic heterocycles. The van der Waals surface area contributed by atoms with E-state index in [1.165, 1.54) is 0 Å². The zero-order valence-electron chi connectivity index (χ0n) is 10.1. The second-order valence-corrected chi connectivity index (χ2v) is 5.14. The van der Waals surface area contributed by atoms with Gasteiger partial charge in [-0.25, -0.2) is 0 Å². The monoisotopic (exact) mass is 266 g/mol. The lowest BCUT2D eigenvalue weighted by molar-refractivity contribution is -0.121. The van der Waals surface area contributed by atoms with Gasteiger partial charge < -0.3 is 15.4 Å². The van der Waals surface area contributed by atoms with Gasteiger partial charge in [-0.1, -0.05) is 11.6 Å². The van der Waals surface area contributed by atoms with E-state index in [-0.39, 0.29) is 17.7 Å². The van der Waals surface area contributed by atoms with Gasteiger partial charge in [0.25, 0.3) is 0 Å². The number of hydrogen-bond donors (Lipinski definition) is 2. The van der Waals surface area contributed by atoms with Crippen molar-refractivity contribution >= 4 is 23.2 Å². The maximum atomic E-state index is 12.1. The maximum absolute atomic E-state index is 12.1. The first-order valence-electron chi connectivity index (χ1n) is 6.10. The first-order valence-corrected chi connectivity index (χ1v) is 6.48. The van der Waals surface area contributed by atoms with Gasteiger partial charge in [-0.15, -0.1) is 0 Å². The van der Waals surface area contributed by atoms with Gasteiger partial charge in [-0.3, -0.25) is 4.79 Å². The Morgan fingerprint density at radius 2 is 2.22 bits per heavy atom. The van der Waals surface area contributed by atoms with Crippen LogP contribution in [0.2, 0.25) is 5.02 Å². The number of fused-ring (bicyclic) bond motifs is 3. The number of carbonyl (C=O) groups is 1. The van der Waals surface area contributed by atoms with Gasteiger partial charge in [-0.2, -0.15) is 0 Å². The normalized spacial score (nSPS) is 26.0. The molecule has 2 heterocycles. The van der Waals surface area contributed by atoms with Crippen molar-refractivity contribution in [3.05, 3.63) is 22.7 Å². The molecule has 0 aliphatic carbocycles. The van der Waals surface area contributed by atoms with Crippen LogP contribution in [-0.2, 0) is 4.79 Å². The van der Waals surface area contributed by atoms with Gasteiger partial charge >= 0.3 is 0 Å². The zero-order valence-corrected chi connectivity index (χ0v) is 10.9. The molecule has 0 saturated carbocycles. The smallest absolute Gasteiger partial charge is 0.229 e. The third-order valence-electron chi connectivity index (χ3n) is 3.81. The molecule has 4 nitrogen and oxygen atoms in total. The first-order chi connectivity index (χ1) is 8.72. The Balaban J connectivity index is 2.16. The molecule has 1 amide bonds. The van der Waals surface area contributed by atoms with Crippen LogP contribution < -0.4 is 15.4 Å². The Hall–Kier alpha value is -1.26. The van der Waals surface area contributed by atoms with E-state index in [1.54, 1.807) is 13.2 Å². The van der Waals surface area contributed by atoms with E-state index in [1.807, 2.05) is 6.07 Å². The van der Waals surface area contributed by atoms with E-state index in [9.17, 15) is 4.79 Å². The van der Waals surface area contributed by atoms with Gasteiger partial charge in [0.2, 0.25) is 5.91 Å². The molecular weight excluding hydrogens is 252 g/mol. The fraction of sp³-hybridized carbons (Fsp3) is 0.462. The molecule has 0 bridgehead atoms. The molecular formula is C13H15ClN2O2. The zero-order chi connectivity index (χ0) is 12.7. The largest absolute Gasteiger partial charge is 0.496 e. The van der Waals surface area contributed by atoms with Crippen LogP contribution in [0.3, 0.4) is 0 Å². The molecule has 5 heteroatoms. The molecule has 0 radical (unpaired) electrons. The van der Waals surface area contributed by atoms with Crippen molar-refractivity contribution in [3.8, 4) is 5.75 Å². The van der Waals surface area contributed by atoms with E-state index in [0.29, 0.717) is 11.6 Å². The summed E-state index contributed by atoms with van der Waals surface area (Å²) in [4.78, 5) is 12.1. The molecule has 2 aliphatic rings. The average Bonchev–Trinajstić information content (AvgIpc) is 2.40. The fourth-order valence-electron chi connectivity index (χ4n) is 2.94. The summed E-state index contributed by atoms with van der Waals surface area (Å²) in [6.45, 7) is 1.63. The molecule has 0 spiro atoms. The van der Waals surface area contributed by atoms with Crippen LogP contribution in [0.4, 0.5) is 5.69 Å². The number of anilines is 1. The molecule has 2 unspecified atom stereocenters. The molecule has 1 aromatic carbocycles. The number of ether oxygens (including phenoxy) is 1. The highest BCUT2D eigenvalue weighted by atomic mass is 35.5. The Morgan fingerprint density at radius 1 is 1.39 bits per heavy atom. The van der Waals surface area contributed by atoms with Crippen molar-refractivity contribution < 1.29 is 9.53 Å². The standard InChI is InChI=1S/C13H15ClN2O2/c1-18-10-3-2-9(14)12-11(10)7-4-5-15-6-8(7)13(17)16-12/h2-3,7-8,15H,4-6H2,1H3,(H,16,17). The summed E-state index contributed by atoms with van der Waals surface area (Å²) in [6.07, 6.45) is 0.932. The van der Waals surface area contributed by atoms with Crippen LogP contribution in [0.1, 0.15) is 17.9 Å². The minimum absolute atomic E-state index is 0.0291. The Bertz CT molecular complexity index is 504. The summed E-state index contributed by atoms with van der Waals surface area (Å²) in [6, 6.07) is 3.64. The lowest BCUT2D eigenvalue weighted by atomic mass is 9.77. The minimum atomic E-state index is -0.0291. The third kappa shape index (κ3) is 1.68. The molecule has 1 saturated heterocycles. The van der Waals surface area contributed by atoms with Crippen LogP contribution in [0, 0.1) is 5.92 Å². The van der Waals surface area contributed by atoms with Crippen molar-refractivity contribution in [1.29, 1.82) is 0 Å². The van der Waals surface area contributed by atoms with Gasteiger partial charge in [0.1, 0.15) is 5.75 Å². The van der Waals surface area contributed by atoms with Gasteiger partial charge in [-0.05, 0) is 25.1 Å². The summed E-state index contributed by atoms with van der Waals surface area (Å²) < 4.78 is 5.42. The number of rotatable bonds is 1. The summed E-state index contributed by atoms with van der Waals surface area (Å²) in [7, 11) is 1.65. The first kappa shape index (κ1) is 11.8. The van der Waals surface area contributed by atoms with Gasteiger partial charge in [0, 0.05) is 18.0 Å². The van der Waals surface area contributed by atoms with Crippen molar-refractivity contribution in [1.82, 2.24) is 5.32 Å². The molecule has 3 rings (SSSR count). The number of piperidine rings is 1. The lowest BCUT2D eigenvalue weighted by Gasteiger charge is -2.37. The molecule has 1 fully saturated rings. The Labute approximate surface area is 111 Å². The third-order valence-corrected chi connectivity index (χ3v) is 4.13. The van der Waals surface area contributed by atoms with Crippen LogP contribution in [0.15, 0.2) is 12.1 Å². The maximum Gasteiger partial charge on any atom is 0.229 e. The topological polar surface area (TPSA) is 50.4 Å². The minimum Gasteiger partial charge on any atom is -0.496 e. The number of amides is 1. The summed E-state index contributed by atoms with van der Waals surface area (Å²) in [5.74, 6) is 1.03. The van der Waals surface area contributed by atoms with E-state index in [2.05, 4.69) is 10.6 Å². The number of carbonyl (C=O) groups excluding carboxylic acids is 1.